The summed E-state index contributed by atoms with van der Waals surface area (Å²) in [5, 5.41) is 8.43. The second-order valence-corrected chi connectivity index (χ2v) is 7.49. The molecule has 0 radical (unpaired) electrons. The molecule has 1 aliphatic heterocycles. The number of nitrogens with zero attached hydrogens (tertiary/aromatic N) is 3. The van der Waals surface area contributed by atoms with Crippen LogP contribution in [0.2, 0.25) is 0 Å². The number of H-pyrrole nitrogens is 1. The molecule has 7 heteroatoms. The Morgan fingerprint density at radius 2 is 1.67 bits per heavy atom. The monoisotopic (exact) mass is 422 g/mol. The van der Waals surface area contributed by atoms with Crippen molar-refractivity contribution in [2.24, 2.45) is 0 Å². The van der Waals surface area contributed by atoms with E-state index in [1.54, 1.807) is 0 Å². The zero-order valence-electron chi connectivity index (χ0n) is 16.5. The molecule has 5 rings (SSSR count). The predicted octanol–water partition coefficient (Wildman–Crippen LogP) is 3.99. The van der Waals surface area contributed by atoms with Crippen molar-refractivity contribution in [1.82, 2.24) is 19.6 Å². The molecular formula is C23H23ClN4O2. The van der Waals surface area contributed by atoms with Gasteiger partial charge in [-0.25, -0.2) is 0 Å². The molecule has 2 aromatic carbocycles. The lowest BCUT2D eigenvalue weighted by Crippen LogP contribution is -2.18. The number of ether oxygens (including phenoxy) is 1. The molecule has 0 saturated carbocycles. The number of benzene rings is 2. The van der Waals surface area contributed by atoms with Crippen molar-refractivity contribution in [2.45, 2.75) is 25.2 Å². The van der Waals surface area contributed by atoms with Gasteiger partial charge in [0.2, 0.25) is 5.65 Å². The minimum absolute atomic E-state index is 0. The molecule has 0 spiro atoms. The smallest absolute Gasteiger partial charge is 0.293 e. The van der Waals surface area contributed by atoms with Gasteiger partial charge >= 0.3 is 0 Å². The number of halogens is 1. The summed E-state index contributed by atoms with van der Waals surface area (Å²) in [6, 6.07) is 18.8. The summed E-state index contributed by atoms with van der Waals surface area (Å²) in [7, 11) is 0. The minimum atomic E-state index is -0.200. The first-order valence-electron chi connectivity index (χ1n) is 9.97. The molecule has 0 bridgehead atoms. The maximum Gasteiger partial charge on any atom is 0.293 e. The van der Waals surface area contributed by atoms with Crippen LogP contribution in [0.3, 0.4) is 0 Å². The molecule has 1 N–H and O–H groups in total. The zero-order valence-corrected chi connectivity index (χ0v) is 17.3. The quantitative estimate of drug-likeness (QED) is 0.539. The van der Waals surface area contributed by atoms with E-state index >= 15 is 0 Å². The molecule has 30 heavy (non-hydrogen) atoms. The van der Waals surface area contributed by atoms with Crippen LogP contribution in [0.5, 0.6) is 0 Å². The maximum atomic E-state index is 12.5. The average molecular weight is 423 g/mol. The highest BCUT2D eigenvalue weighted by molar-refractivity contribution is 5.85. The Hall–Kier alpha value is -2.96. The van der Waals surface area contributed by atoms with Crippen LogP contribution in [0.4, 0.5) is 0 Å². The van der Waals surface area contributed by atoms with Crippen molar-refractivity contribution < 1.29 is 4.74 Å². The van der Waals surface area contributed by atoms with Gasteiger partial charge in [0, 0.05) is 37.4 Å². The summed E-state index contributed by atoms with van der Waals surface area (Å²) in [5.41, 5.74) is 4.52. The first kappa shape index (κ1) is 20.3. The summed E-state index contributed by atoms with van der Waals surface area (Å²) in [6.07, 6.45) is 4.42. The zero-order chi connectivity index (χ0) is 19.6. The Balaban J connectivity index is 0.00000218. The van der Waals surface area contributed by atoms with Crippen molar-refractivity contribution in [3.63, 3.8) is 0 Å². The summed E-state index contributed by atoms with van der Waals surface area (Å²) in [6.45, 7) is 1.45. The SMILES string of the molecule is Cl.O=c1[nH]c(Cc2ccc(-c3ccccc3)cc2)cn2c(C3CCOCC3)nnc12. The number of aromatic amines is 1. The van der Waals surface area contributed by atoms with Gasteiger partial charge in [-0.05, 0) is 29.5 Å². The molecule has 154 valence electrons. The van der Waals surface area contributed by atoms with E-state index < -0.39 is 0 Å². The molecular weight excluding hydrogens is 400 g/mol. The molecule has 1 saturated heterocycles. The highest BCUT2D eigenvalue weighted by Crippen LogP contribution is 2.25. The van der Waals surface area contributed by atoms with Gasteiger partial charge in [-0.15, -0.1) is 22.6 Å². The number of nitrogens with one attached hydrogen (secondary N) is 1. The molecule has 0 atom stereocenters. The van der Waals surface area contributed by atoms with Gasteiger partial charge < -0.3 is 9.72 Å². The number of rotatable bonds is 4. The van der Waals surface area contributed by atoms with E-state index in [0.717, 1.165) is 43.1 Å². The van der Waals surface area contributed by atoms with Crippen molar-refractivity contribution in [3.8, 4) is 11.1 Å². The Bertz CT molecular complexity index is 1180. The van der Waals surface area contributed by atoms with Crippen molar-refractivity contribution >= 4 is 18.1 Å². The molecule has 1 aliphatic rings. The first-order chi connectivity index (χ1) is 14.3. The number of fused-ring (bicyclic) bond motifs is 1. The third kappa shape index (κ3) is 4.01. The standard InChI is InChI=1S/C23H22N4O2.ClH/c28-23-22-26-25-21(19-10-12-29-13-11-19)27(22)15-20(24-23)14-16-6-8-18(9-7-16)17-4-2-1-3-5-17;/h1-9,15,19H,10-14H2,(H,24,28);1H. The van der Waals surface area contributed by atoms with E-state index in [2.05, 4.69) is 51.6 Å². The van der Waals surface area contributed by atoms with E-state index in [-0.39, 0.29) is 23.9 Å². The highest BCUT2D eigenvalue weighted by atomic mass is 35.5. The van der Waals surface area contributed by atoms with Crippen LogP contribution < -0.4 is 5.56 Å². The normalized spacial score (nSPS) is 14.5. The van der Waals surface area contributed by atoms with Crippen LogP contribution in [0.25, 0.3) is 16.8 Å². The first-order valence-corrected chi connectivity index (χ1v) is 9.97. The second-order valence-electron chi connectivity index (χ2n) is 7.49. The third-order valence-corrected chi connectivity index (χ3v) is 5.53. The van der Waals surface area contributed by atoms with Crippen LogP contribution in [-0.2, 0) is 11.2 Å². The third-order valence-electron chi connectivity index (χ3n) is 5.53. The fraction of sp³-hybridized carbons (Fsp3) is 0.261. The van der Waals surface area contributed by atoms with Crippen LogP contribution in [0.1, 0.15) is 35.8 Å². The predicted molar refractivity (Wildman–Crippen MR) is 118 cm³/mol. The summed E-state index contributed by atoms with van der Waals surface area (Å²) < 4.78 is 7.32. The fourth-order valence-corrected chi connectivity index (χ4v) is 3.96. The number of aromatic nitrogens is 4. The summed E-state index contributed by atoms with van der Waals surface area (Å²) in [4.78, 5) is 15.5. The number of hydrogen-bond acceptors (Lipinski definition) is 4. The minimum Gasteiger partial charge on any atom is -0.381 e. The molecule has 0 unspecified atom stereocenters. The Morgan fingerprint density at radius 3 is 2.40 bits per heavy atom. The Morgan fingerprint density at radius 1 is 0.967 bits per heavy atom. The largest absolute Gasteiger partial charge is 0.381 e. The van der Waals surface area contributed by atoms with Gasteiger partial charge in [0.15, 0.2) is 0 Å². The van der Waals surface area contributed by atoms with Crippen LogP contribution in [-0.4, -0.2) is 32.8 Å². The fourth-order valence-electron chi connectivity index (χ4n) is 3.96. The Kier molecular flexibility index (Phi) is 5.97. The van der Waals surface area contributed by atoms with E-state index in [1.165, 1.54) is 11.1 Å². The number of hydrogen-bond donors (Lipinski definition) is 1. The van der Waals surface area contributed by atoms with Crippen molar-refractivity contribution in [2.75, 3.05) is 13.2 Å². The molecule has 4 aromatic rings. The van der Waals surface area contributed by atoms with Gasteiger partial charge in [0.05, 0.1) is 0 Å². The van der Waals surface area contributed by atoms with Gasteiger partial charge in [-0.3, -0.25) is 9.20 Å². The van der Waals surface area contributed by atoms with Crippen LogP contribution >= 0.6 is 12.4 Å². The summed E-state index contributed by atoms with van der Waals surface area (Å²) in [5.74, 6) is 1.13. The van der Waals surface area contributed by atoms with Gasteiger partial charge in [-0.1, -0.05) is 54.6 Å². The lowest BCUT2D eigenvalue weighted by molar-refractivity contribution is 0.0834. The van der Waals surface area contributed by atoms with Crippen LogP contribution in [0.15, 0.2) is 65.6 Å². The maximum absolute atomic E-state index is 12.5. The average Bonchev–Trinajstić information content (AvgIpc) is 3.20. The van der Waals surface area contributed by atoms with Gasteiger partial charge in [0.1, 0.15) is 5.82 Å². The highest BCUT2D eigenvalue weighted by Gasteiger charge is 2.22. The van der Waals surface area contributed by atoms with E-state index in [9.17, 15) is 4.79 Å². The van der Waals surface area contributed by atoms with Gasteiger partial charge in [-0.2, -0.15) is 0 Å². The van der Waals surface area contributed by atoms with Crippen molar-refractivity contribution in [1.29, 1.82) is 0 Å². The molecule has 6 nitrogen and oxygen atoms in total. The second kappa shape index (κ2) is 8.81. The molecule has 2 aromatic heterocycles. The van der Waals surface area contributed by atoms with E-state index in [4.69, 9.17) is 4.74 Å². The van der Waals surface area contributed by atoms with Gasteiger partial charge in [0.25, 0.3) is 5.56 Å². The van der Waals surface area contributed by atoms with Crippen LogP contribution in [0, 0.1) is 0 Å². The molecule has 1 fully saturated rings. The molecule has 0 amide bonds. The lowest BCUT2D eigenvalue weighted by atomic mass is 9.99. The topological polar surface area (TPSA) is 72.3 Å². The summed E-state index contributed by atoms with van der Waals surface area (Å²) >= 11 is 0. The molecule has 0 aliphatic carbocycles. The Labute approximate surface area is 180 Å². The lowest BCUT2D eigenvalue weighted by Gasteiger charge is -2.20. The van der Waals surface area contributed by atoms with Crippen molar-refractivity contribution in [3.05, 3.63) is 88.2 Å². The van der Waals surface area contributed by atoms with E-state index in [0.29, 0.717) is 12.1 Å². The molecule has 3 heterocycles. The van der Waals surface area contributed by atoms with E-state index in [1.807, 2.05) is 28.8 Å².